The van der Waals surface area contributed by atoms with E-state index in [1.807, 2.05) is 0 Å². The van der Waals surface area contributed by atoms with Crippen LogP contribution in [-0.2, 0) is 10.0 Å². The van der Waals surface area contributed by atoms with Gasteiger partial charge in [-0.05, 0) is 49.5 Å². The minimum Gasteiger partial charge on any atom is -0.388 e. The van der Waals surface area contributed by atoms with Crippen LogP contribution in [0.15, 0.2) is 24.3 Å². The van der Waals surface area contributed by atoms with Gasteiger partial charge in [0.15, 0.2) is 0 Å². The lowest BCUT2D eigenvalue weighted by atomic mass is 9.87. The highest BCUT2D eigenvalue weighted by molar-refractivity contribution is 7.89. The van der Waals surface area contributed by atoms with Gasteiger partial charge < -0.3 is 10.0 Å². The molecule has 7 heteroatoms. The number of benzene rings is 1. The maximum atomic E-state index is 12.9. The van der Waals surface area contributed by atoms with Gasteiger partial charge in [0.25, 0.3) is 0 Å². The number of hydrogen-bond acceptors (Lipinski definition) is 4. The first-order valence-corrected chi connectivity index (χ1v) is 9.46. The zero-order valence-electron chi connectivity index (χ0n) is 13.7. The Hall–Kier alpha value is -1.02. The summed E-state index contributed by atoms with van der Waals surface area (Å²) in [5, 5.41) is 10.4. The molecule has 130 valence electrons. The molecule has 0 amide bonds. The zero-order chi connectivity index (χ0) is 17.0. The zero-order valence-corrected chi connectivity index (χ0v) is 14.5. The summed E-state index contributed by atoms with van der Waals surface area (Å²) in [6.45, 7) is 2.05. The van der Waals surface area contributed by atoms with Crippen LogP contribution in [0, 0.1) is 11.7 Å². The first-order chi connectivity index (χ1) is 10.8. The molecule has 0 spiro atoms. The number of hydrogen-bond donors (Lipinski definition) is 1. The normalized spacial score (nSPS) is 19.2. The molecule has 0 radical (unpaired) electrons. The lowest BCUT2D eigenvalue weighted by Crippen LogP contribution is -2.40. The van der Waals surface area contributed by atoms with E-state index in [0.717, 1.165) is 31.5 Å². The van der Waals surface area contributed by atoms with Crippen LogP contribution in [0.1, 0.15) is 24.5 Å². The number of sulfonamides is 1. The second-order valence-electron chi connectivity index (χ2n) is 6.27. The molecule has 1 saturated heterocycles. The molecular weight excluding hydrogens is 319 g/mol. The number of likely N-dealkylation sites (tertiary alicyclic amines) is 1. The van der Waals surface area contributed by atoms with E-state index in [-0.39, 0.29) is 17.5 Å². The third-order valence-corrected chi connectivity index (χ3v) is 6.32. The highest BCUT2D eigenvalue weighted by atomic mass is 32.2. The molecule has 1 atom stereocenters. The molecule has 1 aliphatic rings. The Morgan fingerprint density at radius 2 is 1.83 bits per heavy atom. The van der Waals surface area contributed by atoms with E-state index in [9.17, 15) is 17.9 Å². The monoisotopic (exact) mass is 344 g/mol. The first kappa shape index (κ1) is 18.3. The topological polar surface area (TPSA) is 60.9 Å². The number of rotatable bonds is 6. The van der Waals surface area contributed by atoms with Crippen molar-refractivity contribution < 1.29 is 17.9 Å². The molecule has 1 aromatic carbocycles. The van der Waals surface area contributed by atoms with Crippen molar-refractivity contribution in [3.05, 3.63) is 35.6 Å². The third-order valence-electron chi connectivity index (χ3n) is 4.51. The summed E-state index contributed by atoms with van der Waals surface area (Å²) in [5.41, 5.74) is 0.736. The molecule has 0 bridgehead atoms. The van der Waals surface area contributed by atoms with Gasteiger partial charge in [0.2, 0.25) is 10.0 Å². The molecule has 1 N–H and O–H groups in total. The predicted molar refractivity (Wildman–Crippen MR) is 88.0 cm³/mol. The van der Waals surface area contributed by atoms with Gasteiger partial charge in [-0.2, -0.15) is 0 Å². The van der Waals surface area contributed by atoms with Crippen molar-refractivity contribution in [2.24, 2.45) is 5.92 Å². The van der Waals surface area contributed by atoms with E-state index >= 15 is 0 Å². The Bertz CT molecular complexity index is 596. The lowest BCUT2D eigenvalue weighted by Gasteiger charge is -2.34. The van der Waals surface area contributed by atoms with E-state index in [1.165, 1.54) is 16.4 Å². The maximum Gasteiger partial charge on any atom is 0.214 e. The van der Waals surface area contributed by atoms with E-state index < -0.39 is 16.1 Å². The van der Waals surface area contributed by atoms with E-state index in [2.05, 4.69) is 4.90 Å². The first-order valence-electron chi connectivity index (χ1n) is 7.85. The molecule has 1 unspecified atom stereocenters. The Kier molecular flexibility index (Phi) is 6.13. The van der Waals surface area contributed by atoms with Crippen molar-refractivity contribution in [1.82, 2.24) is 9.21 Å². The van der Waals surface area contributed by atoms with E-state index in [4.69, 9.17) is 0 Å². The van der Waals surface area contributed by atoms with Gasteiger partial charge in [0.1, 0.15) is 5.82 Å². The van der Waals surface area contributed by atoms with Crippen molar-refractivity contribution in [1.29, 1.82) is 0 Å². The van der Waals surface area contributed by atoms with Gasteiger partial charge >= 0.3 is 0 Å². The van der Waals surface area contributed by atoms with Crippen LogP contribution in [-0.4, -0.2) is 62.2 Å². The Morgan fingerprint density at radius 1 is 1.26 bits per heavy atom. The van der Waals surface area contributed by atoms with Crippen LogP contribution >= 0.6 is 0 Å². The number of halogens is 1. The summed E-state index contributed by atoms with van der Waals surface area (Å²) in [4.78, 5) is 2.12. The van der Waals surface area contributed by atoms with Crippen molar-refractivity contribution >= 4 is 10.0 Å². The molecule has 0 aliphatic carbocycles. The Labute approximate surface area is 137 Å². The Morgan fingerprint density at radius 3 is 2.35 bits per heavy atom. The van der Waals surface area contributed by atoms with Crippen LogP contribution in [0.4, 0.5) is 4.39 Å². The number of aliphatic hydroxyl groups is 1. The molecule has 1 aromatic rings. The van der Waals surface area contributed by atoms with Gasteiger partial charge in [-0.1, -0.05) is 12.1 Å². The predicted octanol–water partition coefficient (Wildman–Crippen LogP) is 1.46. The lowest BCUT2D eigenvalue weighted by molar-refractivity contribution is 0.0605. The van der Waals surface area contributed by atoms with Crippen LogP contribution in [0.3, 0.4) is 0 Å². The molecule has 5 nitrogen and oxygen atoms in total. The molecule has 23 heavy (non-hydrogen) atoms. The summed E-state index contributed by atoms with van der Waals surface area (Å²) >= 11 is 0. The van der Waals surface area contributed by atoms with Crippen LogP contribution < -0.4 is 0 Å². The smallest absolute Gasteiger partial charge is 0.214 e. The van der Waals surface area contributed by atoms with Crippen LogP contribution in [0.5, 0.6) is 0 Å². The SMILES string of the molecule is CN(C)S(=O)(=O)CCN1CCC(C(O)c2ccc(F)cc2)CC1. The second kappa shape index (κ2) is 7.70. The summed E-state index contributed by atoms with van der Waals surface area (Å²) in [6.07, 6.45) is 1.02. The average Bonchev–Trinajstić information content (AvgIpc) is 2.53. The summed E-state index contributed by atoms with van der Waals surface area (Å²) in [7, 11) is -0.0832. The van der Waals surface area contributed by atoms with E-state index in [1.54, 1.807) is 26.2 Å². The van der Waals surface area contributed by atoms with Crippen molar-refractivity contribution in [2.45, 2.75) is 18.9 Å². The third kappa shape index (κ3) is 4.97. The molecular formula is C16H25FN2O3S. The van der Waals surface area contributed by atoms with Gasteiger partial charge in [-0.3, -0.25) is 0 Å². The summed E-state index contributed by atoms with van der Waals surface area (Å²) in [6, 6.07) is 5.96. The van der Waals surface area contributed by atoms with Crippen LogP contribution in [0.2, 0.25) is 0 Å². The molecule has 0 aromatic heterocycles. The number of nitrogens with zero attached hydrogens (tertiary/aromatic N) is 2. The van der Waals surface area contributed by atoms with Crippen molar-refractivity contribution in [3.63, 3.8) is 0 Å². The fraction of sp³-hybridized carbons (Fsp3) is 0.625. The highest BCUT2D eigenvalue weighted by Crippen LogP contribution is 2.30. The van der Waals surface area contributed by atoms with Gasteiger partial charge in [-0.15, -0.1) is 0 Å². The molecule has 0 saturated carbocycles. The summed E-state index contributed by atoms with van der Waals surface area (Å²) in [5.74, 6) is -0.0643. The second-order valence-corrected chi connectivity index (χ2v) is 8.58. The minimum atomic E-state index is -3.17. The number of aliphatic hydroxyl groups excluding tert-OH is 1. The van der Waals surface area contributed by atoms with Gasteiger partial charge in [0, 0.05) is 20.6 Å². The fourth-order valence-corrected chi connectivity index (χ4v) is 3.71. The standard InChI is InChI=1S/C16H25FN2O3S/c1-18(2)23(21,22)12-11-19-9-7-14(8-10-19)16(20)13-3-5-15(17)6-4-13/h3-6,14,16,20H,7-12H2,1-2H3. The van der Waals surface area contributed by atoms with E-state index in [0.29, 0.717) is 6.54 Å². The quantitative estimate of drug-likeness (QED) is 0.849. The Balaban J connectivity index is 1.83. The fourth-order valence-electron chi connectivity index (χ4n) is 2.85. The minimum absolute atomic E-state index is 0.116. The van der Waals surface area contributed by atoms with Crippen LogP contribution in [0.25, 0.3) is 0 Å². The molecule has 2 rings (SSSR count). The summed E-state index contributed by atoms with van der Waals surface area (Å²) < 4.78 is 37.8. The molecule has 1 heterocycles. The maximum absolute atomic E-state index is 12.9. The molecule has 1 fully saturated rings. The average molecular weight is 344 g/mol. The molecule has 1 aliphatic heterocycles. The number of piperidine rings is 1. The van der Waals surface area contributed by atoms with Crippen molar-refractivity contribution in [3.8, 4) is 0 Å². The van der Waals surface area contributed by atoms with Crippen molar-refractivity contribution in [2.75, 3.05) is 39.5 Å². The van der Waals surface area contributed by atoms with Gasteiger partial charge in [0.05, 0.1) is 11.9 Å². The van der Waals surface area contributed by atoms with Gasteiger partial charge in [-0.25, -0.2) is 17.1 Å². The largest absolute Gasteiger partial charge is 0.388 e. The highest BCUT2D eigenvalue weighted by Gasteiger charge is 2.27.